The number of nitrogens with zero attached hydrogens (tertiary/aromatic N) is 3. The molecule has 0 spiro atoms. The number of imidazole rings is 1. The first-order valence-electron chi connectivity index (χ1n) is 13.9. The molecule has 0 aliphatic carbocycles. The minimum atomic E-state index is 1.01. The Bertz CT molecular complexity index is 2690. The van der Waals surface area contributed by atoms with Crippen LogP contribution < -0.4 is 0 Å². The Labute approximate surface area is 238 Å². The molecule has 0 unspecified atom stereocenters. The van der Waals surface area contributed by atoms with Crippen LogP contribution in [0, 0.1) is 0 Å². The maximum Gasteiger partial charge on any atom is 0.146 e. The highest BCUT2D eigenvalue weighted by molar-refractivity contribution is 7.26. The summed E-state index contributed by atoms with van der Waals surface area (Å²) in [7, 11) is 0. The zero-order valence-corrected chi connectivity index (χ0v) is 22.7. The van der Waals surface area contributed by atoms with Gasteiger partial charge in [0.2, 0.25) is 0 Å². The van der Waals surface area contributed by atoms with Gasteiger partial charge in [-0.3, -0.25) is 4.40 Å². The molecule has 10 rings (SSSR count). The molecule has 0 bridgehead atoms. The Morgan fingerprint density at radius 1 is 0.488 bits per heavy atom. The molecule has 4 heteroatoms. The zero-order chi connectivity index (χ0) is 26.7. The minimum Gasteiger partial charge on any atom is -0.309 e. The smallest absolute Gasteiger partial charge is 0.146 e. The van der Waals surface area contributed by atoms with Crippen LogP contribution in [0.5, 0.6) is 0 Å². The number of rotatable bonds is 1. The van der Waals surface area contributed by atoms with Crippen molar-refractivity contribution in [2.24, 2.45) is 0 Å². The highest BCUT2D eigenvalue weighted by atomic mass is 32.1. The maximum absolute atomic E-state index is 5.28. The molecule has 4 aromatic heterocycles. The molecular formula is C37H21N3S. The molecule has 0 saturated heterocycles. The monoisotopic (exact) mass is 539 g/mol. The first kappa shape index (κ1) is 21.6. The van der Waals surface area contributed by atoms with Crippen LogP contribution in [0.3, 0.4) is 0 Å². The molecule has 4 heterocycles. The van der Waals surface area contributed by atoms with E-state index in [9.17, 15) is 0 Å². The van der Waals surface area contributed by atoms with Gasteiger partial charge in [-0.25, -0.2) is 4.98 Å². The lowest BCUT2D eigenvalue weighted by atomic mass is 10.0. The minimum absolute atomic E-state index is 1.01. The summed E-state index contributed by atoms with van der Waals surface area (Å²) in [6.07, 6.45) is 0. The summed E-state index contributed by atoms with van der Waals surface area (Å²) < 4.78 is 7.43. The van der Waals surface area contributed by atoms with Gasteiger partial charge >= 0.3 is 0 Å². The van der Waals surface area contributed by atoms with Crippen LogP contribution in [-0.4, -0.2) is 14.0 Å². The average Bonchev–Trinajstić information content (AvgIpc) is 3.70. The second-order valence-corrected chi connectivity index (χ2v) is 11.9. The molecule has 10 aromatic rings. The van der Waals surface area contributed by atoms with Crippen LogP contribution in [-0.2, 0) is 0 Å². The Kier molecular flexibility index (Phi) is 4.07. The van der Waals surface area contributed by atoms with E-state index in [0.29, 0.717) is 0 Å². The predicted molar refractivity (Wildman–Crippen MR) is 175 cm³/mol. The lowest BCUT2D eigenvalue weighted by Gasteiger charge is -2.12. The van der Waals surface area contributed by atoms with Gasteiger partial charge in [-0.15, -0.1) is 11.3 Å². The van der Waals surface area contributed by atoms with E-state index in [1.807, 2.05) is 11.3 Å². The van der Waals surface area contributed by atoms with Crippen LogP contribution in [0.1, 0.15) is 0 Å². The van der Waals surface area contributed by atoms with Crippen molar-refractivity contribution in [2.75, 3.05) is 0 Å². The topological polar surface area (TPSA) is 22.2 Å². The lowest BCUT2D eigenvalue weighted by Crippen LogP contribution is -1.95. The predicted octanol–water partition coefficient (Wildman–Crippen LogP) is 10.3. The molecule has 6 aromatic carbocycles. The quantitative estimate of drug-likeness (QED) is 0.190. The highest BCUT2D eigenvalue weighted by Crippen LogP contribution is 2.44. The van der Waals surface area contributed by atoms with Gasteiger partial charge in [-0.2, -0.15) is 0 Å². The summed E-state index contributed by atoms with van der Waals surface area (Å²) in [6.45, 7) is 0. The van der Waals surface area contributed by atoms with Crippen LogP contribution in [0.2, 0.25) is 0 Å². The Morgan fingerprint density at radius 3 is 2.15 bits per heavy atom. The number of para-hydroxylation sites is 4. The SMILES string of the molecule is c1ccc(-n2c3ccccc3c3cc4c(cc32)c2ccc3sc5ccccc5c3c2n2c3ccccc3nc42)cc1. The van der Waals surface area contributed by atoms with Crippen molar-refractivity contribution in [2.45, 2.75) is 0 Å². The lowest BCUT2D eigenvalue weighted by molar-refractivity contribution is 1.18. The summed E-state index contributed by atoms with van der Waals surface area (Å²) in [5.74, 6) is 0. The Balaban J connectivity index is 1.52. The van der Waals surface area contributed by atoms with Gasteiger partial charge in [-0.1, -0.05) is 72.8 Å². The van der Waals surface area contributed by atoms with Crippen molar-refractivity contribution >= 4 is 91.7 Å². The molecule has 3 nitrogen and oxygen atoms in total. The first-order chi connectivity index (χ1) is 20.3. The van der Waals surface area contributed by atoms with Gasteiger partial charge in [0.15, 0.2) is 0 Å². The first-order valence-corrected chi connectivity index (χ1v) is 14.7. The number of benzene rings is 6. The second kappa shape index (κ2) is 7.72. The van der Waals surface area contributed by atoms with E-state index >= 15 is 0 Å². The number of pyridine rings is 1. The van der Waals surface area contributed by atoms with Gasteiger partial charge in [-0.05, 0) is 60.0 Å². The van der Waals surface area contributed by atoms with Crippen LogP contribution in [0.25, 0.3) is 86.0 Å². The third-order valence-electron chi connectivity index (χ3n) is 8.66. The average molecular weight is 540 g/mol. The molecule has 190 valence electrons. The maximum atomic E-state index is 5.28. The van der Waals surface area contributed by atoms with Gasteiger partial charge in [0, 0.05) is 47.4 Å². The Hall–Kier alpha value is -5.19. The number of thiophene rings is 1. The molecule has 0 fully saturated rings. The molecule has 41 heavy (non-hydrogen) atoms. The highest BCUT2D eigenvalue weighted by Gasteiger charge is 2.21. The second-order valence-electron chi connectivity index (χ2n) is 10.8. The van der Waals surface area contributed by atoms with E-state index in [1.54, 1.807) is 0 Å². The normalized spacial score (nSPS) is 12.4. The fraction of sp³-hybridized carbons (Fsp3) is 0. The van der Waals surface area contributed by atoms with Gasteiger partial charge < -0.3 is 4.57 Å². The molecule has 0 amide bonds. The zero-order valence-electron chi connectivity index (χ0n) is 21.9. The van der Waals surface area contributed by atoms with E-state index in [4.69, 9.17) is 4.98 Å². The third-order valence-corrected chi connectivity index (χ3v) is 9.79. The van der Waals surface area contributed by atoms with E-state index in [2.05, 4.69) is 136 Å². The molecule has 0 aliphatic rings. The van der Waals surface area contributed by atoms with E-state index in [1.165, 1.54) is 69.3 Å². The Morgan fingerprint density at radius 2 is 1.24 bits per heavy atom. The molecular weight excluding hydrogens is 518 g/mol. The molecule has 0 N–H and O–H groups in total. The number of fused-ring (bicyclic) bond motifs is 15. The summed E-state index contributed by atoms with van der Waals surface area (Å²) in [5.41, 5.74) is 7.99. The fourth-order valence-corrected chi connectivity index (χ4v) is 8.07. The summed E-state index contributed by atoms with van der Waals surface area (Å²) in [4.78, 5) is 5.28. The summed E-state index contributed by atoms with van der Waals surface area (Å²) >= 11 is 1.87. The van der Waals surface area contributed by atoms with Crippen molar-refractivity contribution in [1.29, 1.82) is 0 Å². The van der Waals surface area contributed by atoms with E-state index in [-0.39, 0.29) is 0 Å². The molecule has 0 aliphatic heterocycles. The van der Waals surface area contributed by atoms with Gasteiger partial charge in [0.1, 0.15) is 5.65 Å². The third kappa shape index (κ3) is 2.75. The molecule has 0 saturated carbocycles. The van der Waals surface area contributed by atoms with Crippen molar-refractivity contribution < 1.29 is 0 Å². The van der Waals surface area contributed by atoms with Crippen LogP contribution in [0.4, 0.5) is 0 Å². The number of hydrogen-bond donors (Lipinski definition) is 0. The van der Waals surface area contributed by atoms with E-state index < -0.39 is 0 Å². The van der Waals surface area contributed by atoms with Crippen molar-refractivity contribution in [3.63, 3.8) is 0 Å². The molecule has 0 atom stereocenters. The van der Waals surface area contributed by atoms with Crippen LogP contribution in [0.15, 0.2) is 127 Å². The number of hydrogen-bond acceptors (Lipinski definition) is 2. The van der Waals surface area contributed by atoms with Gasteiger partial charge in [0.25, 0.3) is 0 Å². The summed E-state index contributed by atoms with van der Waals surface area (Å²) in [6, 6.07) is 46.2. The van der Waals surface area contributed by atoms with Crippen LogP contribution >= 0.6 is 11.3 Å². The largest absolute Gasteiger partial charge is 0.309 e. The van der Waals surface area contributed by atoms with Crippen molar-refractivity contribution in [1.82, 2.24) is 14.0 Å². The molecule has 0 radical (unpaired) electrons. The van der Waals surface area contributed by atoms with Gasteiger partial charge in [0.05, 0.1) is 27.6 Å². The summed E-state index contributed by atoms with van der Waals surface area (Å²) in [5, 5.41) is 8.76. The van der Waals surface area contributed by atoms with Crippen molar-refractivity contribution in [3.05, 3.63) is 127 Å². The number of aromatic nitrogens is 3. The standard InChI is InChI=1S/C37H21N3S/c1-2-10-22(11-3-1)39-30-15-7-4-12-23(30)27-20-28-26(21-32(27)39)24-18-19-34-35(25-13-5-9-17-33(25)41-34)36(24)40-31-16-8-6-14-29(31)38-37(28)40/h1-21H. The fourth-order valence-electron chi connectivity index (χ4n) is 6.96. The van der Waals surface area contributed by atoms with E-state index in [0.717, 1.165) is 16.7 Å². The van der Waals surface area contributed by atoms with Crippen molar-refractivity contribution in [3.8, 4) is 5.69 Å².